The van der Waals surface area contributed by atoms with Gasteiger partial charge in [0.05, 0.1) is 6.20 Å². The van der Waals surface area contributed by atoms with Gasteiger partial charge in [-0.15, -0.1) is 11.3 Å². The first kappa shape index (κ1) is 17.6. The van der Waals surface area contributed by atoms with Crippen molar-refractivity contribution in [1.82, 2.24) is 19.0 Å². The van der Waals surface area contributed by atoms with E-state index < -0.39 is 10.0 Å². The molecule has 1 saturated heterocycles. The average Bonchev–Trinajstić information content (AvgIpc) is 3.24. The summed E-state index contributed by atoms with van der Waals surface area (Å²) in [6.45, 7) is 8.28. The maximum absolute atomic E-state index is 12.7. The van der Waals surface area contributed by atoms with E-state index in [9.17, 15) is 8.42 Å². The number of sulfonamides is 1. The Morgan fingerprint density at radius 3 is 2.42 bits per heavy atom. The number of nitrogens with zero attached hydrogens (tertiary/aromatic N) is 4. The highest BCUT2D eigenvalue weighted by Gasteiger charge is 2.29. The number of hydrogen-bond donors (Lipinski definition) is 0. The molecule has 0 aromatic carbocycles. The Morgan fingerprint density at radius 2 is 1.83 bits per heavy atom. The van der Waals surface area contributed by atoms with Gasteiger partial charge in [0, 0.05) is 55.2 Å². The second-order valence-corrected chi connectivity index (χ2v) is 9.12. The lowest BCUT2D eigenvalue weighted by Crippen LogP contribution is -2.48. The molecule has 0 N–H and O–H groups in total. The van der Waals surface area contributed by atoms with Crippen LogP contribution >= 0.6 is 11.3 Å². The summed E-state index contributed by atoms with van der Waals surface area (Å²) >= 11 is 1.85. The van der Waals surface area contributed by atoms with Crippen LogP contribution < -0.4 is 0 Å². The quantitative estimate of drug-likeness (QED) is 0.783. The van der Waals surface area contributed by atoms with Crippen molar-refractivity contribution in [3.8, 4) is 0 Å². The van der Waals surface area contributed by atoms with Crippen LogP contribution in [0, 0.1) is 0 Å². The van der Waals surface area contributed by atoms with Gasteiger partial charge in [-0.25, -0.2) is 8.42 Å². The van der Waals surface area contributed by atoms with Crippen molar-refractivity contribution in [3.05, 3.63) is 34.3 Å². The lowest BCUT2D eigenvalue weighted by molar-refractivity contribution is 0.183. The summed E-state index contributed by atoms with van der Waals surface area (Å²) in [6.07, 6.45) is 4.13. The van der Waals surface area contributed by atoms with Crippen LogP contribution in [-0.4, -0.2) is 53.6 Å². The molecule has 24 heavy (non-hydrogen) atoms. The Morgan fingerprint density at radius 1 is 1.12 bits per heavy atom. The molecule has 2 aromatic heterocycles. The van der Waals surface area contributed by atoms with E-state index in [0.717, 1.165) is 26.1 Å². The van der Waals surface area contributed by atoms with E-state index in [4.69, 9.17) is 0 Å². The molecule has 0 saturated carbocycles. The zero-order valence-corrected chi connectivity index (χ0v) is 15.8. The van der Waals surface area contributed by atoms with Crippen LogP contribution in [0.2, 0.25) is 0 Å². The molecule has 8 heteroatoms. The van der Waals surface area contributed by atoms with Gasteiger partial charge in [0.2, 0.25) is 10.0 Å². The van der Waals surface area contributed by atoms with Crippen LogP contribution in [0.15, 0.2) is 29.4 Å². The standard InChI is InChI=1S/C16H24N4O2S2/c1-3-14-5-6-15(23-14)12-18-7-9-20(10-8-18)24(21,22)16-11-17-19(4-2)13-16/h5-6,11,13H,3-4,7-10,12H2,1-2H3. The van der Waals surface area contributed by atoms with E-state index in [0.29, 0.717) is 24.5 Å². The Hall–Kier alpha value is -1.22. The van der Waals surface area contributed by atoms with Crippen molar-refractivity contribution in [2.45, 2.75) is 38.3 Å². The molecule has 0 spiro atoms. The van der Waals surface area contributed by atoms with Crippen LogP contribution in [0.25, 0.3) is 0 Å². The molecule has 132 valence electrons. The van der Waals surface area contributed by atoms with Crippen LogP contribution in [0.1, 0.15) is 23.6 Å². The summed E-state index contributed by atoms with van der Waals surface area (Å²) in [5.74, 6) is 0. The molecule has 6 nitrogen and oxygen atoms in total. The van der Waals surface area contributed by atoms with Gasteiger partial charge in [0.25, 0.3) is 0 Å². The summed E-state index contributed by atoms with van der Waals surface area (Å²) in [6, 6.07) is 4.37. The predicted octanol–water partition coefficient (Wildman–Crippen LogP) is 2.03. The monoisotopic (exact) mass is 368 g/mol. The molecular weight excluding hydrogens is 344 g/mol. The fourth-order valence-corrected chi connectivity index (χ4v) is 5.22. The Kier molecular flexibility index (Phi) is 5.39. The summed E-state index contributed by atoms with van der Waals surface area (Å²) in [5, 5.41) is 4.08. The summed E-state index contributed by atoms with van der Waals surface area (Å²) in [4.78, 5) is 5.38. The van der Waals surface area contributed by atoms with E-state index in [2.05, 4.69) is 29.1 Å². The zero-order chi connectivity index (χ0) is 17.2. The van der Waals surface area contributed by atoms with Crippen molar-refractivity contribution in [3.63, 3.8) is 0 Å². The van der Waals surface area contributed by atoms with Crippen molar-refractivity contribution < 1.29 is 8.42 Å². The van der Waals surface area contributed by atoms with Crippen molar-refractivity contribution in [2.75, 3.05) is 26.2 Å². The first-order valence-corrected chi connectivity index (χ1v) is 10.6. The number of piperazine rings is 1. The van der Waals surface area contributed by atoms with E-state index in [-0.39, 0.29) is 0 Å². The minimum atomic E-state index is -3.42. The summed E-state index contributed by atoms with van der Waals surface area (Å²) < 4.78 is 28.6. The van der Waals surface area contributed by atoms with Gasteiger partial charge in [-0.1, -0.05) is 6.92 Å². The van der Waals surface area contributed by atoms with Crippen LogP contribution in [0.5, 0.6) is 0 Å². The molecule has 0 unspecified atom stereocenters. The lowest BCUT2D eigenvalue weighted by Gasteiger charge is -2.33. The molecule has 1 fully saturated rings. The van der Waals surface area contributed by atoms with Gasteiger partial charge < -0.3 is 0 Å². The maximum Gasteiger partial charge on any atom is 0.246 e. The normalized spacial score (nSPS) is 17.4. The van der Waals surface area contributed by atoms with Crippen LogP contribution in [0.4, 0.5) is 0 Å². The fraction of sp³-hybridized carbons (Fsp3) is 0.562. The lowest BCUT2D eigenvalue weighted by atomic mass is 10.3. The molecule has 1 aliphatic rings. The van der Waals surface area contributed by atoms with Gasteiger partial charge in [0.15, 0.2) is 0 Å². The minimum absolute atomic E-state index is 0.295. The molecule has 1 aliphatic heterocycles. The Balaban J connectivity index is 1.59. The molecule has 3 heterocycles. The number of thiophene rings is 1. The topological polar surface area (TPSA) is 58.4 Å². The SMILES string of the molecule is CCc1ccc(CN2CCN(S(=O)(=O)c3cnn(CC)c3)CC2)s1. The van der Waals surface area contributed by atoms with Crippen molar-refractivity contribution in [2.24, 2.45) is 0 Å². The second kappa shape index (κ2) is 7.35. The minimum Gasteiger partial charge on any atom is -0.296 e. The van der Waals surface area contributed by atoms with Crippen molar-refractivity contribution in [1.29, 1.82) is 0 Å². The van der Waals surface area contributed by atoms with E-state index >= 15 is 0 Å². The molecule has 0 bridgehead atoms. The highest BCUT2D eigenvalue weighted by Crippen LogP contribution is 2.21. The second-order valence-electron chi connectivity index (χ2n) is 5.93. The molecule has 0 atom stereocenters. The third-order valence-electron chi connectivity index (χ3n) is 4.35. The number of aryl methyl sites for hydroxylation is 2. The van der Waals surface area contributed by atoms with Gasteiger partial charge >= 0.3 is 0 Å². The van der Waals surface area contributed by atoms with Gasteiger partial charge in [-0.3, -0.25) is 9.58 Å². The average molecular weight is 369 g/mol. The molecule has 0 radical (unpaired) electrons. The number of aromatic nitrogens is 2. The molecular formula is C16H24N4O2S2. The predicted molar refractivity (Wildman–Crippen MR) is 95.6 cm³/mol. The van der Waals surface area contributed by atoms with Gasteiger partial charge in [0.1, 0.15) is 4.90 Å². The smallest absolute Gasteiger partial charge is 0.246 e. The van der Waals surface area contributed by atoms with E-state index in [1.165, 1.54) is 16.0 Å². The van der Waals surface area contributed by atoms with E-state index in [1.54, 1.807) is 15.2 Å². The van der Waals surface area contributed by atoms with E-state index in [1.807, 2.05) is 18.3 Å². The Bertz CT molecular complexity index is 774. The summed E-state index contributed by atoms with van der Waals surface area (Å²) in [7, 11) is -3.42. The molecule has 3 rings (SSSR count). The third kappa shape index (κ3) is 3.72. The summed E-state index contributed by atoms with van der Waals surface area (Å²) in [5.41, 5.74) is 0. The highest BCUT2D eigenvalue weighted by molar-refractivity contribution is 7.89. The third-order valence-corrected chi connectivity index (χ3v) is 7.41. The Labute approximate surface area is 147 Å². The highest BCUT2D eigenvalue weighted by atomic mass is 32.2. The van der Waals surface area contributed by atoms with Crippen LogP contribution in [-0.2, 0) is 29.5 Å². The molecule has 2 aromatic rings. The molecule has 0 aliphatic carbocycles. The fourth-order valence-electron chi connectivity index (χ4n) is 2.85. The van der Waals surface area contributed by atoms with Crippen molar-refractivity contribution >= 4 is 21.4 Å². The van der Waals surface area contributed by atoms with Crippen LogP contribution in [0.3, 0.4) is 0 Å². The van der Waals surface area contributed by atoms with Gasteiger partial charge in [-0.2, -0.15) is 9.40 Å². The number of rotatable bonds is 6. The molecule has 0 amide bonds. The number of hydrogen-bond acceptors (Lipinski definition) is 5. The largest absolute Gasteiger partial charge is 0.296 e. The first-order chi connectivity index (χ1) is 11.5. The first-order valence-electron chi connectivity index (χ1n) is 8.35. The zero-order valence-electron chi connectivity index (χ0n) is 14.2. The maximum atomic E-state index is 12.7. The van der Waals surface area contributed by atoms with Gasteiger partial charge in [-0.05, 0) is 25.5 Å².